The Hall–Kier alpha value is -1.90. The molecule has 0 aliphatic carbocycles. The van der Waals surface area contributed by atoms with Crippen molar-refractivity contribution < 1.29 is 8.42 Å². The number of nitrogens with zero attached hydrogens (tertiary/aromatic N) is 1. The summed E-state index contributed by atoms with van der Waals surface area (Å²) in [6, 6.07) is 11.5. The maximum atomic E-state index is 12.0. The number of aryl methyl sites for hydroxylation is 1. The molecule has 0 radical (unpaired) electrons. The van der Waals surface area contributed by atoms with Crippen LogP contribution in [0.15, 0.2) is 51.0 Å². The SMILES string of the molecule is CN=C(NCCNS(=O)(=O)c1cccs1)NCc1ccc(C)cc1. The van der Waals surface area contributed by atoms with Crippen LogP contribution in [0.3, 0.4) is 0 Å². The second-order valence-corrected chi connectivity index (χ2v) is 8.11. The molecule has 1 heterocycles. The predicted molar refractivity (Wildman–Crippen MR) is 98.9 cm³/mol. The molecule has 24 heavy (non-hydrogen) atoms. The maximum absolute atomic E-state index is 12.0. The zero-order valence-electron chi connectivity index (χ0n) is 13.7. The van der Waals surface area contributed by atoms with E-state index in [1.807, 2.05) is 0 Å². The highest BCUT2D eigenvalue weighted by Crippen LogP contribution is 2.14. The molecule has 0 spiro atoms. The Morgan fingerprint density at radius 2 is 1.88 bits per heavy atom. The minimum Gasteiger partial charge on any atom is -0.355 e. The van der Waals surface area contributed by atoms with Gasteiger partial charge in [-0.25, -0.2) is 13.1 Å². The van der Waals surface area contributed by atoms with E-state index in [4.69, 9.17) is 0 Å². The molecular weight excluding hydrogens is 344 g/mol. The summed E-state index contributed by atoms with van der Waals surface area (Å²) in [6.45, 7) is 3.43. The zero-order chi connectivity index (χ0) is 17.4. The van der Waals surface area contributed by atoms with E-state index in [1.54, 1.807) is 24.6 Å². The molecule has 0 atom stereocenters. The summed E-state index contributed by atoms with van der Waals surface area (Å²) in [5, 5.41) is 8.02. The molecule has 6 nitrogen and oxygen atoms in total. The van der Waals surface area contributed by atoms with Crippen LogP contribution in [0.25, 0.3) is 0 Å². The normalized spacial score (nSPS) is 12.2. The fourth-order valence-corrected chi connectivity index (χ4v) is 4.04. The standard InChI is InChI=1S/C16H22N4O2S2/c1-13-5-7-14(8-6-13)12-19-16(17-2)18-9-10-20-24(21,22)15-4-3-11-23-15/h3-8,11,20H,9-10,12H2,1-2H3,(H2,17,18,19). The predicted octanol–water partition coefficient (Wildman–Crippen LogP) is 1.70. The van der Waals surface area contributed by atoms with Crippen molar-refractivity contribution in [2.24, 2.45) is 4.99 Å². The Labute approximate surface area is 147 Å². The summed E-state index contributed by atoms with van der Waals surface area (Å²) in [6.07, 6.45) is 0. The van der Waals surface area contributed by atoms with Crippen LogP contribution in [0.1, 0.15) is 11.1 Å². The van der Waals surface area contributed by atoms with Crippen LogP contribution >= 0.6 is 11.3 Å². The molecule has 1 aromatic carbocycles. The van der Waals surface area contributed by atoms with E-state index in [1.165, 1.54) is 16.9 Å². The fourth-order valence-electron chi connectivity index (χ4n) is 1.97. The van der Waals surface area contributed by atoms with Gasteiger partial charge in [-0.1, -0.05) is 35.9 Å². The van der Waals surface area contributed by atoms with Gasteiger partial charge in [-0.3, -0.25) is 4.99 Å². The topological polar surface area (TPSA) is 82.6 Å². The minimum absolute atomic E-state index is 0.283. The number of rotatable bonds is 7. The van der Waals surface area contributed by atoms with Crippen molar-refractivity contribution in [1.82, 2.24) is 15.4 Å². The lowest BCUT2D eigenvalue weighted by Crippen LogP contribution is -2.41. The Balaban J connectivity index is 1.73. The molecule has 3 N–H and O–H groups in total. The van der Waals surface area contributed by atoms with Crippen LogP contribution in [-0.2, 0) is 16.6 Å². The van der Waals surface area contributed by atoms with E-state index < -0.39 is 10.0 Å². The van der Waals surface area contributed by atoms with Crippen LogP contribution in [0.4, 0.5) is 0 Å². The fraction of sp³-hybridized carbons (Fsp3) is 0.312. The Morgan fingerprint density at radius 3 is 2.50 bits per heavy atom. The van der Waals surface area contributed by atoms with Crippen LogP contribution in [0.5, 0.6) is 0 Å². The van der Waals surface area contributed by atoms with Gasteiger partial charge in [0.05, 0.1) is 0 Å². The van der Waals surface area contributed by atoms with Crippen molar-refractivity contribution in [2.45, 2.75) is 17.7 Å². The molecule has 1 aromatic heterocycles. The van der Waals surface area contributed by atoms with Gasteiger partial charge in [0.15, 0.2) is 5.96 Å². The van der Waals surface area contributed by atoms with Gasteiger partial charge in [-0.2, -0.15) is 0 Å². The minimum atomic E-state index is -3.41. The van der Waals surface area contributed by atoms with E-state index >= 15 is 0 Å². The number of benzene rings is 1. The number of aliphatic imine (C=N–C) groups is 1. The van der Waals surface area contributed by atoms with E-state index in [0.29, 0.717) is 23.3 Å². The number of hydrogen-bond donors (Lipinski definition) is 3. The summed E-state index contributed by atoms with van der Waals surface area (Å²) < 4.78 is 26.8. The van der Waals surface area contributed by atoms with E-state index in [2.05, 4.69) is 51.5 Å². The van der Waals surface area contributed by atoms with Crippen LogP contribution < -0.4 is 15.4 Å². The lowest BCUT2D eigenvalue weighted by Gasteiger charge is -2.12. The Morgan fingerprint density at radius 1 is 1.12 bits per heavy atom. The first-order valence-electron chi connectivity index (χ1n) is 7.54. The number of guanidine groups is 1. The second-order valence-electron chi connectivity index (χ2n) is 5.17. The molecule has 2 aromatic rings. The lowest BCUT2D eigenvalue weighted by atomic mass is 10.1. The second kappa shape index (κ2) is 8.81. The van der Waals surface area contributed by atoms with Crippen LogP contribution in [0, 0.1) is 6.92 Å². The van der Waals surface area contributed by atoms with Crippen molar-refractivity contribution in [1.29, 1.82) is 0 Å². The number of thiophene rings is 1. The molecule has 2 rings (SSSR count). The van der Waals surface area contributed by atoms with Gasteiger partial charge < -0.3 is 10.6 Å². The van der Waals surface area contributed by atoms with Crippen LogP contribution in [-0.4, -0.2) is 34.5 Å². The average Bonchev–Trinajstić information content (AvgIpc) is 3.11. The molecule has 0 unspecified atom stereocenters. The summed E-state index contributed by atoms with van der Waals surface area (Å²) in [4.78, 5) is 4.12. The number of nitrogens with one attached hydrogen (secondary N) is 3. The van der Waals surface area contributed by atoms with Gasteiger partial charge in [-0.05, 0) is 23.9 Å². The van der Waals surface area contributed by atoms with Crippen molar-refractivity contribution in [3.8, 4) is 0 Å². The first-order chi connectivity index (χ1) is 11.5. The molecule has 8 heteroatoms. The maximum Gasteiger partial charge on any atom is 0.250 e. The summed E-state index contributed by atoms with van der Waals surface area (Å²) in [5.74, 6) is 0.630. The molecule has 0 aliphatic heterocycles. The van der Waals surface area contributed by atoms with E-state index in [-0.39, 0.29) is 6.54 Å². The number of sulfonamides is 1. The molecule has 0 fully saturated rings. The highest BCUT2D eigenvalue weighted by atomic mass is 32.2. The quantitative estimate of drug-likeness (QED) is 0.396. The molecular formula is C16H22N4O2S2. The van der Waals surface area contributed by atoms with Gasteiger partial charge in [0.25, 0.3) is 0 Å². The first kappa shape index (κ1) is 18.4. The third kappa shape index (κ3) is 5.63. The molecule has 0 amide bonds. The molecule has 0 saturated carbocycles. The third-order valence-electron chi connectivity index (χ3n) is 3.27. The molecule has 0 saturated heterocycles. The average molecular weight is 367 g/mol. The Bertz CT molecular complexity index is 754. The summed E-state index contributed by atoms with van der Waals surface area (Å²) in [7, 11) is -1.73. The third-order valence-corrected chi connectivity index (χ3v) is 6.13. The van der Waals surface area contributed by atoms with Gasteiger partial charge >= 0.3 is 0 Å². The van der Waals surface area contributed by atoms with Gasteiger partial charge in [0.1, 0.15) is 4.21 Å². The van der Waals surface area contributed by atoms with Gasteiger partial charge in [0, 0.05) is 26.7 Å². The van der Waals surface area contributed by atoms with Crippen molar-refractivity contribution in [2.75, 3.05) is 20.1 Å². The largest absolute Gasteiger partial charge is 0.355 e. The van der Waals surface area contributed by atoms with E-state index in [9.17, 15) is 8.42 Å². The Kier molecular flexibility index (Phi) is 6.77. The van der Waals surface area contributed by atoms with Gasteiger partial charge in [0.2, 0.25) is 10.0 Å². The molecule has 0 bridgehead atoms. The summed E-state index contributed by atoms with van der Waals surface area (Å²) >= 11 is 1.20. The van der Waals surface area contributed by atoms with Crippen molar-refractivity contribution in [3.05, 3.63) is 52.9 Å². The van der Waals surface area contributed by atoms with Crippen LogP contribution in [0.2, 0.25) is 0 Å². The van der Waals surface area contributed by atoms with E-state index in [0.717, 1.165) is 5.56 Å². The monoisotopic (exact) mass is 366 g/mol. The van der Waals surface area contributed by atoms with Crippen molar-refractivity contribution >= 4 is 27.3 Å². The summed E-state index contributed by atoms with van der Waals surface area (Å²) in [5.41, 5.74) is 2.38. The first-order valence-corrected chi connectivity index (χ1v) is 9.91. The van der Waals surface area contributed by atoms with Crippen molar-refractivity contribution in [3.63, 3.8) is 0 Å². The lowest BCUT2D eigenvalue weighted by molar-refractivity contribution is 0.582. The highest BCUT2D eigenvalue weighted by molar-refractivity contribution is 7.91. The zero-order valence-corrected chi connectivity index (χ0v) is 15.4. The number of hydrogen-bond acceptors (Lipinski definition) is 4. The highest BCUT2D eigenvalue weighted by Gasteiger charge is 2.13. The molecule has 130 valence electrons. The molecule has 0 aliphatic rings. The smallest absolute Gasteiger partial charge is 0.250 e. The van der Waals surface area contributed by atoms with Gasteiger partial charge in [-0.15, -0.1) is 11.3 Å².